The Morgan fingerprint density at radius 3 is 2.18 bits per heavy atom. The molecule has 0 bridgehead atoms. The molecule has 28 heavy (non-hydrogen) atoms. The second-order valence-electron chi connectivity index (χ2n) is 7.63. The standard InChI is InChI=1S/C17H34N4O6S/c1-11(2)13(21-17(26)27-9-10-28(3,4)5)14(22)20-12(15(23)24)7-6-8-19-16(18)25/h11-13H,6-10H2,1-5H3,(H,20,22)(H,21,26)(H,23,24)(H3,18,19,25)/t12-,13?/m0/s1. The third-order valence-electron chi connectivity index (χ3n) is 3.73. The van der Waals surface area contributed by atoms with Crippen LogP contribution >= 0.6 is 10.0 Å². The fourth-order valence-corrected chi connectivity index (χ4v) is 2.71. The Bertz CT molecular complexity index is 550. The van der Waals surface area contributed by atoms with Gasteiger partial charge in [-0.15, -0.1) is 0 Å². The van der Waals surface area contributed by atoms with E-state index in [-0.39, 0.29) is 25.5 Å². The summed E-state index contributed by atoms with van der Waals surface area (Å²) in [4.78, 5) is 46.5. The van der Waals surface area contributed by atoms with Crippen molar-refractivity contribution in [3.63, 3.8) is 0 Å². The van der Waals surface area contributed by atoms with Crippen LogP contribution in [0.5, 0.6) is 0 Å². The molecule has 0 aliphatic heterocycles. The SMILES string of the molecule is CC(C)C(NC(=O)OCCS(C)(C)C)C(=O)N[C@@H](CCCNC(N)=O)C(=O)O. The van der Waals surface area contributed by atoms with Gasteiger partial charge in [0.05, 0.1) is 0 Å². The summed E-state index contributed by atoms with van der Waals surface area (Å²) in [7, 11) is -0.806. The fourth-order valence-electron chi connectivity index (χ4n) is 2.12. The minimum Gasteiger partial charge on any atom is -0.480 e. The summed E-state index contributed by atoms with van der Waals surface area (Å²) in [5, 5.41) is 16.6. The van der Waals surface area contributed by atoms with E-state index in [1.165, 1.54) is 0 Å². The highest BCUT2D eigenvalue weighted by atomic mass is 32.3. The Morgan fingerprint density at radius 2 is 1.71 bits per heavy atom. The monoisotopic (exact) mass is 422 g/mol. The van der Waals surface area contributed by atoms with Crippen LogP contribution in [0, 0.1) is 5.92 Å². The van der Waals surface area contributed by atoms with Crippen LogP contribution in [-0.4, -0.2) is 78.9 Å². The van der Waals surface area contributed by atoms with Crippen molar-refractivity contribution in [2.45, 2.75) is 38.8 Å². The highest BCUT2D eigenvalue weighted by Crippen LogP contribution is 2.33. The van der Waals surface area contributed by atoms with Crippen molar-refractivity contribution < 1.29 is 29.0 Å². The topological polar surface area (TPSA) is 160 Å². The zero-order chi connectivity index (χ0) is 21.9. The van der Waals surface area contributed by atoms with Gasteiger partial charge >= 0.3 is 18.1 Å². The number of hydrogen-bond acceptors (Lipinski definition) is 5. The van der Waals surface area contributed by atoms with Crippen LogP contribution in [0.25, 0.3) is 0 Å². The molecule has 6 N–H and O–H groups in total. The summed E-state index contributed by atoms with van der Waals surface area (Å²) in [6.45, 7) is 3.91. The molecule has 11 heteroatoms. The minimum atomic E-state index is -1.20. The quantitative estimate of drug-likeness (QED) is 0.287. The first-order chi connectivity index (χ1) is 12.8. The number of alkyl carbamates (subject to hydrolysis) is 1. The number of nitrogens with one attached hydrogen (secondary N) is 3. The lowest BCUT2D eigenvalue weighted by Gasteiger charge is -2.26. The first kappa shape index (κ1) is 25.8. The zero-order valence-corrected chi connectivity index (χ0v) is 18.1. The minimum absolute atomic E-state index is 0.102. The van der Waals surface area contributed by atoms with E-state index >= 15 is 0 Å². The van der Waals surface area contributed by atoms with E-state index in [2.05, 4.69) is 34.7 Å². The van der Waals surface area contributed by atoms with Gasteiger partial charge in [-0.05, 0) is 37.5 Å². The van der Waals surface area contributed by atoms with E-state index in [1.807, 2.05) is 0 Å². The number of ether oxygens (including phenoxy) is 1. The number of aliphatic carboxylic acids is 1. The van der Waals surface area contributed by atoms with E-state index in [4.69, 9.17) is 10.5 Å². The van der Waals surface area contributed by atoms with Gasteiger partial charge in [-0.1, -0.05) is 13.8 Å². The molecule has 0 aromatic heterocycles. The summed E-state index contributed by atoms with van der Waals surface area (Å²) in [5.74, 6) is -1.33. The lowest BCUT2D eigenvalue weighted by molar-refractivity contribution is -0.142. The van der Waals surface area contributed by atoms with Crippen LogP contribution < -0.4 is 21.7 Å². The van der Waals surface area contributed by atoms with Gasteiger partial charge in [0.25, 0.3) is 0 Å². The fraction of sp³-hybridized carbons (Fsp3) is 0.765. The average molecular weight is 423 g/mol. The van der Waals surface area contributed by atoms with Gasteiger partial charge in [-0.25, -0.2) is 24.4 Å². The normalized spacial score (nSPS) is 13.9. The number of amides is 4. The number of carboxylic acids is 1. The Hall–Kier alpha value is -2.17. The first-order valence-corrected chi connectivity index (χ1v) is 12.0. The van der Waals surface area contributed by atoms with Crippen LogP contribution in [0.2, 0.25) is 0 Å². The second kappa shape index (κ2) is 12.3. The number of carbonyl (C=O) groups is 4. The van der Waals surface area contributed by atoms with Crippen molar-refractivity contribution >= 4 is 34.0 Å². The van der Waals surface area contributed by atoms with Gasteiger partial charge in [0.1, 0.15) is 18.7 Å². The van der Waals surface area contributed by atoms with Crippen molar-refractivity contribution in [2.75, 3.05) is 37.7 Å². The Morgan fingerprint density at radius 1 is 1.11 bits per heavy atom. The number of urea groups is 1. The maximum atomic E-state index is 12.5. The predicted molar refractivity (Wildman–Crippen MR) is 110 cm³/mol. The molecule has 0 rings (SSSR count). The van der Waals surface area contributed by atoms with Crippen molar-refractivity contribution in [1.82, 2.24) is 16.0 Å². The smallest absolute Gasteiger partial charge is 0.407 e. The summed E-state index contributed by atoms with van der Waals surface area (Å²) in [6.07, 6.45) is 6.01. The molecule has 0 heterocycles. The molecule has 164 valence electrons. The molecular weight excluding hydrogens is 388 g/mol. The van der Waals surface area contributed by atoms with Crippen LogP contribution in [0.1, 0.15) is 26.7 Å². The summed E-state index contributed by atoms with van der Waals surface area (Å²) >= 11 is 0. The Balaban J connectivity index is 4.69. The first-order valence-electron chi connectivity index (χ1n) is 8.99. The summed E-state index contributed by atoms with van der Waals surface area (Å²) < 4.78 is 5.13. The van der Waals surface area contributed by atoms with E-state index in [0.29, 0.717) is 6.42 Å². The second-order valence-corrected chi connectivity index (χ2v) is 12.2. The average Bonchev–Trinajstić information content (AvgIpc) is 2.53. The van der Waals surface area contributed by atoms with E-state index < -0.39 is 46.1 Å². The van der Waals surface area contributed by atoms with Crippen molar-refractivity contribution in [3.8, 4) is 0 Å². The molecule has 1 unspecified atom stereocenters. The van der Waals surface area contributed by atoms with Gasteiger partial charge in [0.15, 0.2) is 0 Å². The molecule has 0 radical (unpaired) electrons. The Labute approximate surface area is 167 Å². The van der Waals surface area contributed by atoms with Crippen LogP contribution in [-0.2, 0) is 14.3 Å². The number of rotatable bonds is 12. The third-order valence-corrected chi connectivity index (χ3v) is 5.13. The van der Waals surface area contributed by atoms with Crippen molar-refractivity contribution in [2.24, 2.45) is 11.7 Å². The van der Waals surface area contributed by atoms with Crippen LogP contribution in [0.3, 0.4) is 0 Å². The van der Waals surface area contributed by atoms with E-state index in [0.717, 1.165) is 5.75 Å². The van der Waals surface area contributed by atoms with Gasteiger partial charge in [0.2, 0.25) is 5.91 Å². The molecule has 10 nitrogen and oxygen atoms in total. The molecule has 2 atom stereocenters. The largest absolute Gasteiger partial charge is 0.480 e. The van der Waals surface area contributed by atoms with Crippen molar-refractivity contribution in [3.05, 3.63) is 0 Å². The lowest BCUT2D eigenvalue weighted by Crippen LogP contribution is -2.54. The van der Waals surface area contributed by atoms with E-state index in [9.17, 15) is 24.3 Å². The number of hydrogen-bond donors (Lipinski definition) is 5. The highest BCUT2D eigenvalue weighted by Gasteiger charge is 2.29. The Kier molecular flexibility index (Phi) is 11.4. The molecule has 0 aromatic rings. The van der Waals surface area contributed by atoms with Crippen LogP contribution in [0.4, 0.5) is 9.59 Å². The van der Waals surface area contributed by atoms with Crippen molar-refractivity contribution in [1.29, 1.82) is 0 Å². The van der Waals surface area contributed by atoms with Gasteiger partial charge in [-0.3, -0.25) is 4.79 Å². The molecular formula is C17H34N4O6S. The van der Waals surface area contributed by atoms with E-state index in [1.54, 1.807) is 13.8 Å². The molecule has 4 amide bonds. The van der Waals surface area contributed by atoms with Gasteiger partial charge < -0.3 is 31.5 Å². The van der Waals surface area contributed by atoms with Gasteiger partial charge in [-0.2, -0.15) is 0 Å². The lowest BCUT2D eigenvalue weighted by atomic mass is 10.0. The molecule has 0 saturated carbocycles. The highest BCUT2D eigenvalue weighted by molar-refractivity contribution is 8.32. The number of carboxylic acid groups (broad SMARTS) is 1. The molecule has 0 saturated heterocycles. The van der Waals surface area contributed by atoms with Crippen LogP contribution in [0.15, 0.2) is 0 Å². The zero-order valence-electron chi connectivity index (χ0n) is 17.2. The number of carbonyl (C=O) groups excluding carboxylic acids is 3. The molecule has 0 aliphatic rings. The maximum Gasteiger partial charge on any atom is 0.407 e. The maximum absolute atomic E-state index is 12.5. The summed E-state index contributed by atoms with van der Waals surface area (Å²) in [5.41, 5.74) is 4.94. The predicted octanol–water partition coefficient (Wildman–Crippen LogP) is 0.449. The molecule has 0 fully saturated rings. The number of primary amides is 1. The summed E-state index contributed by atoms with van der Waals surface area (Å²) in [6, 6.07) is -2.78. The molecule has 0 aliphatic carbocycles. The van der Waals surface area contributed by atoms with Gasteiger partial charge in [0, 0.05) is 12.3 Å². The number of nitrogens with two attached hydrogens (primary N) is 1. The molecule has 0 aromatic carbocycles. The third kappa shape index (κ3) is 12.3. The molecule has 0 spiro atoms.